The smallest absolute Gasteiger partial charge is 0.295 e. The standard InChI is InChI=1S/C25H27N3O3/c1-3-27(4-2)14-15-28-22(17-10-6-5-7-11-17)21(24(30)25(28)31)23(29)19-16-26-20-13-9-8-12-18(19)20/h5-13,16,22,26,29H,3-4,14-15H2,1-2H3/b23-21-. The first-order valence-corrected chi connectivity index (χ1v) is 10.7. The number of benzene rings is 2. The van der Waals surface area contributed by atoms with Gasteiger partial charge in [-0.3, -0.25) is 9.59 Å². The highest BCUT2D eigenvalue weighted by atomic mass is 16.3. The molecule has 3 aromatic rings. The third-order valence-electron chi connectivity index (χ3n) is 6.05. The summed E-state index contributed by atoms with van der Waals surface area (Å²) in [5.41, 5.74) is 2.33. The number of aromatic amines is 1. The van der Waals surface area contributed by atoms with Crippen LogP contribution in [0.1, 0.15) is 31.0 Å². The Hall–Kier alpha value is -3.38. The average Bonchev–Trinajstić information content (AvgIpc) is 3.34. The Balaban J connectivity index is 1.82. The Morgan fingerprint density at radius 3 is 2.42 bits per heavy atom. The molecule has 1 fully saturated rings. The number of para-hydroxylation sites is 1. The lowest BCUT2D eigenvalue weighted by Crippen LogP contribution is -2.38. The van der Waals surface area contributed by atoms with Crippen LogP contribution < -0.4 is 0 Å². The number of ketones is 1. The van der Waals surface area contributed by atoms with Crippen LogP contribution in [0.4, 0.5) is 0 Å². The van der Waals surface area contributed by atoms with Crippen molar-refractivity contribution in [2.75, 3.05) is 26.2 Å². The monoisotopic (exact) mass is 417 g/mol. The fourth-order valence-corrected chi connectivity index (χ4v) is 4.29. The predicted molar refractivity (Wildman–Crippen MR) is 122 cm³/mol. The molecule has 31 heavy (non-hydrogen) atoms. The Labute approximate surface area is 181 Å². The van der Waals surface area contributed by atoms with Gasteiger partial charge < -0.3 is 19.9 Å². The van der Waals surface area contributed by atoms with E-state index < -0.39 is 17.7 Å². The van der Waals surface area contributed by atoms with Gasteiger partial charge in [-0.25, -0.2) is 0 Å². The summed E-state index contributed by atoms with van der Waals surface area (Å²) < 4.78 is 0. The topological polar surface area (TPSA) is 76.6 Å². The van der Waals surface area contributed by atoms with E-state index in [9.17, 15) is 14.7 Å². The van der Waals surface area contributed by atoms with Crippen LogP contribution in [0.25, 0.3) is 16.7 Å². The number of nitrogens with one attached hydrogen (secondary N) is 1. The molecular weight excluding hydrogens is 390 g/mol. The molecule has 4 rings (SSSR count). The maximum Gasteiger partial charge on any atom is 0.295 e. The number of hydrogen-bond acceptors (Lipinski definition) is 4. The van der Waals surface area contributed by atoms with E-state index in [1.54, 1.807) is 11.1 Å². The number of rotatable bonds is 7. The number of hydrogen-bond donors (Lipinski definition) is 2. The van der Waals surface area contributed by atoms with Crippen LogP contribution in [0.2, 0.25) is 0 Å². The molecule has 6 nitrogen and oxygen atoms in total. The summed E-state index contributed by atoms with van der Waals surface area (Å²) in [7, 11) is 0. The second-order valence-electron chi connectivity index (χ2n) is 7.68. The molecule has 2 heterocycles. The Morgan fingerprint density at radius 1 is 1.03 bits per heavy atom. The van der Waals surface area contributed by atoms with Gasteiger partial charge in [-0.1, -0.05) is 62.4 Å². The maximum atomic E-state index is 13.1. The molecule has 0 bridgehead atoms. The number of Topliss-reactive ketones (excluding diaryl/α,β-unsaturated/α-hetero) is 1. The molecule has 1 unspecified atom stereocenters. The van der Waals surface area contributed by atoms with E-state index >= 15 is 0 Å². The van der Waals surface area contributed by atoms with E-state index in [0.717, 1.165) is 29.6 Å². The number of likely N-dealkylation sites (tertiary alicyclic amines) is 1. The minimum atomic E-state index is -0.642. The van der Waals surface area contributed by atoms with E-state index in [1.807, 2.05) is 54.6 Å². The Bertz CT molecular complexity index is 1130. The minimum absolute atomic E-state index is 0.139. The summed E-state index contributed by atoms with van der Waals surface area (Å²) in [6.07, 6.45) is 1.69. The van der Waals surface area contributed by atoms with Crippen molar-refractivity contribution in [2.45, 2.75) is 19.9 Å². The number of carbonyl (C=O) groups is 2. The molecule has 2 N–H and O–H groups in total. The van der Waals surface area contributed by atoms with Crippen molar-refractivity contribution in [1.82, 2.24) is 14.8 Å². The lowest BCUT2D eigenvalue weighted by molar-refractivity contribution is -0.140. The highest BCUT2D eigenvalue weighted by Crippen LogP contribution is 2.40. The van der Waals surface area contributed by atoms with Crippen LogP contribution >= 0.6 is 0 Å². The van der Waals surface area contributed by atoms with Crippen molar-refractivity contribution < 1.29 is 14.7 Å². The number of fused-ring (bicyclic) bond motifs is 1. The number of carbonyl (C=O) groups excluding carboxylic acids is 2. The van der Waals surface area contributed by atoms with Crippen LogP contribution in [0.5, 0.6) is 0 Å². The Kier molecular flexibility index (Phi) is 5.91. The van der Waals surface area contributed by atoms with Crippen molar-refractivity contribution >= 4 is 28.4 Å². The number of amides is 1. The molecule has 160 valence electrons. The lowest BCUT2D eigenvalue weighted by atomic mass is 9.95. The first-order chi connectivity index (χ1) is 15.1. The molecule has 1 atom stereocenters. The number of likely N-dealkylation sites (N-methyl/N-ethyl adjacent to an activating group) is 1. The molecule has 1 aromatic heterocycles. The molecule has 1 amide bonds. The van der Waals surface area contributed by atoms with Crippen LogP contribution in [0.15, 0.2) is 66.4 Å². The van der Waals surface area contributed by atoms with Gasteiger partial charge in [-0.05, 0) is 24.7 Å². The van der Waals surface area contributed by atoms with E-state index in [-0.39, 0.29) is 11.3 Å². The minimum Gasteiger partial charge on any atom is -0.507 e. The van der Waals surface area contributed by atoms with Crippen molar-refractivity contribution in [3.05, 3.63) is 77.5 Å². The van der Waals surface area contributed by atoms with E-state index in [4.69, 9.17) is 0 Å². The second-order valence-corrected chi connectivity index (χ2v) is 7.68. The summed E-state index contributed by atoms with van der Waals surface area (Å²) in [5.74, 6) is -1.35. The number of aliphatic hydroxyl groups excluding tert-OH is 1. The zero-order chi connectivity index (χ0) is 22.0. The fraction of sp³-hybridized carbons (Fsp3) is 0.280. The van der Waals surface area contributed by atoms with Crippen LogP contribution in [-0.4, -0.2) is 57.8 Å². The summed E-state index contributed by atoms with van der Waals surface area (Å²) >= 11 is 0. The molecule has 0 radical (unpaired) electrons. The molecule has 0 aliphatic carbocycles. The fourth-order valence-electron chi connectivity index (χ4n) is 4.29. The van der Waals surface area contributed by atoms with Gasteiger partial charge in [0.1, 0.15) is 5.76 Å². The first kappa shape index (κ1) is 20.9. The number of aliphatic hydroxyl groups is 1. The highest BCUT2D eigenvalue weighted by Gasteiger charge is 2.46. The normalized spacial score (nSPS) is 18.4. The summed E-state index contributed by atoms with van der Waals surface area (Å²) in [6.45, 7) is 6.96. The van der Waals surface area contributed by atoms with Gasteiger partial charge >= 0.3 is 0 Å². The summed E-state index contributed by atoms with van der Waals surface area (Å²) in [6, 6.07) is 16.4. The van der Waals surface area contributed by atoms with Gasteiger partial charge in [0.2, 0.25) is 0 Å². The molecule has 1 aliphatic heterocycles. The van der Waals surface area contributed by atoms with Crippen molar-refractivity contribution in [3.8, 4) is 0 Å². The SMILES string of the molecule is CCN(CC)CCN1C(=O)C(=O)/C(=C(\O)c2c[nH]c3ccccc23)C1c1ccccc1. The van der Waals surface area contributed by atoms with Gasteiger partial charge in [-0.2, -0.15) is 0 Å². The van der Waals surface area contributed by atoms with Gasteiger partial charge in [-0.15, -0.1) is 0 Å². The molecule has 0 spiro atoms. The number of H-pyrrole nitrogens is 1. The maximum absolute atomic E-state index is 13.1. The van der Waals surface area contributed by atoms with E-state index in [1.165, 1.54) is 0 Å². The predicted octanol–water partition coefficient (Wildman–Crippen LogP) is 3.93. The molecule has 1 saturated heterocycles. The number of nitrogens with zero attached hydrogens (tertiary/aromatic N) is 2. The van der Waals surface area contributed by atoms with E-state index in [2.05, 4.69) is 23.7 Å². The van der Waals surface area contributed by atoms with Gasteiger partial charge in [0.25, 0.3) is 11.7 Å². The molecule has 1 aliphatic rings. The van der Waals surface area contributed by atoms with Gasteiger partial charge in [0.05, 0.1) is 11.6 Å². The van der Waals surface area contributed by atoms with Crippen LogP contribution in [-0.2, 0) is 9.59 Å². The molecule has 0 saturated carbocycles. The highest BCUT2D eigenvalue weighted by molar-refractivity contribution is 6.46. The molecule has 6 heteroatoms. The van der Waals surface area contributed by atoms with Crippen LogP contribution in [0, 0.1) is 0 Å². The van der Waals surface area contributed by atoms with Crippen LogP contribution in [0.3, 0.4) is 0 Å². The van der Waals surface area contributed by atoms with Crippen molar-refractivity contribution in [1.29, 1.82) is 0 Å². The van der Waals surface area contributed by atoms with E-state index in [0.29, 0.717) is 18.7 Å². The quantitative estimate of drug-likeness (QED) is 0.347. The van der Waals surface area contributed by atoms with Crippen molar-refractivity contribution in [3.63, 3.8) is 0 Å². The molecular formula is C25H27N3O3. The van der Waals surface area contributed by atoms with Crippen molar-refractivity contribution in [2.24, 2.45) is 0 Å². The zero-order valence-corrected chi connectivity index (χ0v) is 17.8. The third kappa shape index (κ3) is 3.75. The lowest BCUT2D eigenvalue weighted by Gasteiger charge is -2.28. The third-order valence-corrected chi connectivity index (χ3v) is 6.05. The second kappa shape index (κ2) is 8.78. The number of aromatic nitrogens is 1. The van der Waals surface area contributed by atoms with Gasteiger partial charge in [0.15, 0.2) is 0 Å². The zero-order valence-electron chi connectivity index (χ0n) is 17.8. The average molecular weight is 418 g/mol. The summed E-state index contributed by atoms with van der Waals surface area (Å²) in [4.78, 5) is 33.1. The van der Waals surface area contributed by atoms with Gasteiger partial charge in [0, 0.05) is 35.8 Å². The molecule has 2 aromatic carbocycles. The summed E-state index contributed by atoms with van der Waals surface area (Å²) in [5, 5.41) is 12.1. The first-order valence-electron chi connectivity index (χ1n) is 10.7. The Morgan fingerprint density at radius 2 is 1.71 bits per heavy atom. The largest absolute Gasteiger partial charge is 0.507 e.